The molecule has 0 fully saturated rings. The molecule has 0 aromatic heterocycles. The third-order valence-corrected chi connectivity index (χ3v) is 9.32. The van der Waals surface area contributed by atoms with E-state index < -0.39 is 32.5 Å². The number of esters is 2. The molecule has 0 amide bonds. The van der Waals surface area contributed by atoms with E-state index in [0.717, 1.165) is 103 Å². The summed E-state index contributed by atoms with van der Waals surface area (Å²) in [5.74, 6) is -0.887. The van der Waals surface area contributed by atoms with Crippen LogP contribution in [-0.2, 0) is 32.7 Å². The van der Waals surface area contributed by atoms with Gasteiger partial charge < -0.3 is 14.4 Å². The molecule has 0 saturated heterocycles. The molecule has 0 heterocycles. The highest BCUT2D eigenvalue weighted by Crippen LogP contribution is 2.43. The number of unbranched alkanes of at least 4 members (excludes halogenated alkanes) is 6. The Morgan fingerprint density at radius 2 is 0.828 bits per heavy atom. The molecule has 0 saturated carbocycles. The van der Waals surface area contributed by atoms with Crippen LogP contribution in [0.4, 0.5) is 0 Å². The van der Waals surface area contributed by atoms with Crippen LogP contribution in [0.15, 0.2) is 122 Å². The van der Waals surface area contributed by atoms with Gasteiger partial charge in [0.25, 0.3) is 0 Å². The summed E-state index contributed by atoms with van der Waals surface area (Å²) in [5.41, 5.74) is 0. The van der Waals surface area contributed by atoms with Crippen molar-refractivity contribution >= 4 is 19.8 Å². The molecular weight excluding hydrogens is 748 g/mol. The van der Waals surface area contributed by atoms with Crippen molar-refractivity contribution in [2.75, 3.05) is 19.8 Å². The molecule has 0 aromatic rings. The van der Waals surface area contributed by atoms with Gasteiger partial charge in [-0.1, -0.05) is 148 Å². The molecule has 0 radical (unpaired) electrons. The molecule has 0 rings (SSSR count). The quantitative estimate of drug-likeness (QED) is 0.0284. The van der Waals surface area contributed by atoms with E-state index in [4.69, 9.17) is 18.5 Å². The van der Waals surface area contributed by atoms with Crippen molar-refractivity contribution < 1.29 is 37.6 Å². The second-order valence-corrected chi connectivity index (χ2v) is 15.0. The molecule has 2 unspecified atom stereocenters. The standard InChI is InChI=1S/C49H77O8P/c1-4-7-9-11-13-15-17-19-21-23-25-27-29-31-33-35-37-39-41-43-48(50)54-45-47(46-56-58(52,53)55-6-3)57-49(51)44-42-40-38-36-34-32-30-28-26-24-22-20-18-16-14-12-10-8-5-2/h7-10,13-16,19-22,25-28,31-34,47H,4-6,11-12,17-18,23-24,29-30,35-46H2,1-3H3,(H,52,53)/b9-7-,10-8-,15-13-,16-14-,21-19-,22-20-,27-25-,28-26-,33-31-,34-32-. The van der Waals surface area contributed by atoms with Gasteiger partial charge in [-0.2, -0.15) is 0 Å². The van der Waals surface area contributed by atoms with Crippen LogP contribution in [-0.4, -0.2) is 42.8 Å². The number of carbonyl (C=O) groups is 2. The molecule has 0 aromatic carbocycles. The monoisotopic (exact) mass is 825 g/mol. The first kappa shape index (κ1) is 54.5. The highest BCUT2D eigenvalue weighted by molar-refractivity contribution is 7.47. The molecule has 326 valence electrons. The van der Waals surface area contributed by atoms with Crippen LogP contribution in [0.25, 0.3) is 0 Å². The van der Waals surface area contributed by atoms with Crippen LogP contribution in [0.3, 0.4) is 0 Å². The van der Waals surface area contributed by atoms with E-state index in [0.29, 0.717) is 12.8 Å². The summed E-state index contributed by atoms with van der Waals surface area (Å²) < 4.78 is 32.6. The summed E-state index contributed by atoms with van der Waals surface area (Å²) in [6, 6.07) is 0. The fourth-order valence-electron chi connectivity index (χ4n) is 5.15. The number of rotatable bonds is 38. The lowest BCUT2D eigenvalue weighted by Crippen LogP contribution is -2.29. The van der Waals surface area contributed by atoms with Crippen LogP contribution in [0.5, 0.6) is 0 Å². The molecule has 8 nitrogen and oxygen atoms in total. The van der Waals surface area contributed by atoms with Gasteiger partial charge in [-0.3, -0.25) is 18.6 Å². The smallest absolute Gasteiger partial charge is 0.462 e. The summed E-state index contributed by atoms with van der Waals surface area (Å²) in [6.07, 6.45) is 59.7. The summed E-state index contributed by atoms with van der Waals surface area (Å²) >= 11 is 0. The first-order chi connectivity index (χ1) is 28.3. The van der Waals surface area contributed by atoms with Crippen LogP contribution < -0.4 is 0 Å². The molecule has 0 aliphatic carbocycles. The molecule has 58 heavy (non-hydrogen) atoms. The van der Waals surface area contributed by atoms with Gasteiger partial charge in [0, 0.05) is 12.8 Å². The zero-order valence-corrected chi connectivity index (χ0v) is 37.0. The number of carbonyl (C=O) groups excluding carboxylic acids is 2. The average molecular weight is 825 g/mol. The second-order valence-electron chi connectivity index (χ2n) is 13.6. The first-order valence-corrected chi connectivity index (χ1v) is 23.3. The lowest BCUT2D eigenvalue weighted by molar-refractivity contribution is -0.161. The van der Waals surface area contributed by atoms with Crippen LogP contribution >= 0.6 is 7.82 Å². The van der Waals surface area contributed by atoms with Crippen molar-refractivity contribution in [2.24, 2.45) is 0 Å². The molecule has 0 aliphatic heterocycles. The van der Waals surface area contributed by atoms with Crippen molar-refractivity contribution in [3.05, 3.63) is 122 Å². The van der Waals surface area contributed by atoms with Crippen molar-refractivity contribution in [1.82, 2.24) is 0 Å². The molecule has 2 atom stereocenters. The minimum atomic E-state index is -4.31. The van der Waals surface area contributed by atoms with Crippen molar-refractivity contribution in [3.8, 4) is 0 Å². The van der Waals surface area contributed by atoms with Crippen molar-refractivity contribution in [1.29, 1.82) is 0 Å². The van der Waals surface area contributed by atoms with Crippen molar-refractivity contribution in [2.45, 2.75) is 155 Å². The highest BCUT2D eigenvalue weighted by Gasteiger charge is 2.25. The zero-order valence-electron chi connectivity index (χ0n) is 36.1. The fraction of sp³-hybridized carbons (Fsp3) is 0.551. The van der Waals surface area contributed by atoms with Gasteiger partial charge in [0.2, 0.25) is 0 Å². The van der Waals surface area contributed by atoms with E-state index in [1.165, 1.54) is 0 Å². The Morgan fingerprint density at radius 3 is 1.21 bits per heavy atom. The third-order valence-electron chi connectivity index (χ3n) is 8.26. The van der Waals surface area contributed by atoms with Gasteiger partial charge in [-0.05, 0) is 110 Å². The molecule has 1 N–H and O–H groups in total. The first-order valence-electron chi connectivity index (χ1n) is 21.8. The SMILES string of the molecule is CC/C=C\C/C=C\C/C=C\C/C=C\C/C=C\CCCCCC(=O)OCC(COP(=O)(O)OCC)OC(=O)CCCCC/C=C\C/C=C\C/C=C\C/C=C\C/C=C\CC. The van der Waals surface area contributed by atoms with Gasteiger partial charge in [-0.25, -0.2) is 4.57 Å². The van der Waals surface area contributed by atoms with E-state index in [-0.39, 0.29) is 26.1 Å². The maximum absolute atomic E-state index is 12.6. The van der Waals surface area contributed by atoms with E-state index in [9.17, 15) is 19.0 Å². The van der Waals surface area contributed by atoms with E-state index in [1.54, 1.807) is 6.92 Å². The molecule has 0 aliphatic rings. The minimum absolute atomic E-state index is 0.0199. The van der Waals surface area contributed by atoms with Gasteiger partial charge in [0.05, 0.1) is 13.2 Å². The summed E-state index contributed by atoms with van der Waals surface area (Å²) in [5, 5.41) is 0. The number of hydrogen-bond donors (Lipinski definition) is 1. The van der Waals surface area contributed by atoms with E-state index in [1.807, 2.05) is 0 Å². The summed E-state index contributed by atoms with van der Waals surface area (Å²) in [4.78, 5) is 34.8. The fourth-order valence-corrected chi connectivity index (χ4v) is 5.91. The Kier molecular flexibility index (Phi) is 40.4. The Balaban J connectivity index is 4.25. The molecule has 0 spiro atoms. The van der Waals surface area contributed by atoms with Crippen molar-refractivity contribution in [3.63, 3.8) is 0 Å². The van der Waals surface area contributed by atoms with E-state index in [2.05, 4.69) is 135 Å². The van der Waals surface area contributed by atoms with E-state index >= 15 is 0 Å². The average Bonchev–Trinajstić information content (AvgIpc) is 3.20. The molecule has 0 bridgehead atoms. The Morgan fingerprint density at radius 1 is 0.466 bits per heavy atom. The number of hydrogen-bond acceptors (Lipinski definition) is 7. The number of ether oxygens (including phenoxy) is 2. The number of phosphoric acid groups is 1. The maximum Gasteiger partial charge on any atom is 0.472 e. The topological polar surface area (TPSA) is 108 Å². The number of phosphoric ester groups is 1. The largest absolute Gasteiger partial charge is 0.472 e. The third kappa shape index (κ3) is 42.1. The van der Waals surface area contributed by atoms with Gasteiger partial charge >= 0.3 is 19.8 Å². The Bertz CT molecular complexity index is 1350. The van der Waals surface area contributed by atoms with Crippen LogP contribution in [0.1, 0.15) is 149 Å². The Hall–Kier alpha value is -3.55. The highest BCUT2D eigenvalue weighted by atomic mass is 31.2. The van der Waals surface area contributed by atoms with Gasteiger partial charge in [-0.15, -0.1) is 0 Å². The second kappa shape index (κ2) is 43.0. The predicted octanol–water partition coefficient (Wildman–Crippen LogP) is 14.0. The van der Waals surface area contributed by atoms with Gasteiger partial charge in [0.1, 0.15) is 6.61 Å². The van der Waals surface area contributed by atoms with Crippen LogP contribution in [0.2, 0.25) is 0 Å². The summed E-state index contributed by atoms with van der Waals surface area (Å²) in [6.45, 7) is 5.14. The summed E-state index contributed by atoms with van der Waals surface area (Å²) in [7, 11) is -4.31. The minimum Gasteiger partial charge on any atom is -0.462 e. The van der Waals surface area contributed by atoms with Gasteiger partial charge in [0.15, 0.2) is 6.10 Å². The zero-order chi connectivity index (χ0) is 42.5. The normalized spacial score (nSPS) is 14.5. The maximum atomic E-state index is 12.6. The Labute approximate surface area is 352 Å². The van der Waals surface area contributed by atoms with Crippen LogP contribution in [0, 0.1) is 0 Å². The lowest BCUT2D eigenvalue weighted by atomic mass is 10.1. The lowest BCUT2D eigenvalue weighted by Gasteiger charge is -2.19. The molecular formula is C49H77O8P. The number of allylic oxidation sites excluding steroid dienone is 20. The molecule has 9 heteroatoms. The predicted molar refractivity (Wildman–Crippen MR) is 243 cm³/mol.